The van der Waals surface area contributed by atoms with E-state index in [0.29, 0.717) is 11.3 Å². The van der Waals surface area contributed by atoms with E-state index in [-0.39, 0.29) is 18.6 Å². The minimum Gasteiger partial charge on any atom is -0.497 e. The topological polar surface area (TPSA) is 80.6 Å². The minimum absolute atomic E-state index is 0.207. The highest BCUT2D eigenvalue weighted by molar-refractivity contribution is 5.78. The van der Waals surface area contributed by atoms with Gasteiger partial charge in [0.05, 0.1) is 25.8 Å². The Hall–Kier alpha value is -3.98. The number of carbonyl (C=O) groups excluding carboxylic acids is 1. The van der Waals surface area contributed by atoms with Crippen LogP contribution in [-0.2, 0) is 4.79 Å². The number of benzene rings is 3. The third-order valence-corrected chi connectivity index (χ3v) is 4.57. The first kappa shape index (κ1) is 20.7. The lowest BCUT2D eigenvalue weighted by Gasteiger charge is -2.21. The summed E-state index contributed by atoms with van der Waals surface area (Å²) < 4.78 is 16.0. The molecule has 0 bridgehead atoms. The van der Waals surface area contributed by atoms with Gasteiger partial charge in [0.1, 0.15) is 23.3 Å². The molecule has 0 aliphatic carbocycles. The number of ether oxygens (including phenoxy) is 3. The van der Waals surface area contributed by atoms with Crippen LogP contribution in [-0.4, -0.2) is 26.7 Å². The van der Waals surface area contributed by atoms with Crippen LogP contribution in [0, 0.1) is 11.3 Å². The van der Waals surface area contributed by atoms with Crippen molar-refractivity contribution in [1.82, 2.24) is 5.32 Å². The molecule has 0 aliphatic heterocycles. The maximum atomic E-state index is 12.7. The SMILES string of the molecule is COc1ccc(C(NC(=O)COc2ccccc2C#N)c2ccc(OC)cc2)cc1. The molecule has 0 fully saturated rings. The van der Waals surface area contributed by atoms with Crippen LogP contribution in [0.5, 0.6) is 17.2 Å². The van der Waals surface area contributed by atoms with E-state index >= 15 is 0 Å². The summed E-state index contributed by atoms with van der Waals surface area (Å²) in [6.45, 7) is -0.207. The predicted molar refractivity (Wildman–Crippen MR) is 113 cm³/mol. The van der Waals surface area contributed by atoms with Crippen molar-refractivity contribution >= 4 is 5.91 Å². The van der Waals surface area contributed by atoms with Gasteiger partial charge in [0.25, 0.3) is 5.91 Å². The fourth-order valence-electron chi connectivity index (χ4n) is 2.98. The van der Waals surface area contributed by atoms with Crippen LogP contribution in [0.25, 0.3) is 0 Å². The maximum Gasteiger partial charge on any atom is 0.258 e. The second kappa shape index (κ2) is 9.99. The molecule has 0 aromatic heterocycles. The van der Waals surface area contributed by atoms with Crippen molar-refractivity contribution in [3.8, 4) is 23.3 Å². The van der Waals surface area contributed by atoms with Gasteiger partial charge < -0.3 is 19.5 Å². The van der Waals surface area contributed by atoms with Crippen molar-refractivity contribution in [2.75, 3.05) is 20.8 Å². The highest BCUT2D eigenvalue weighted by Gasteiger charge is 2.18. The Morgan fingerprint density at radius 2 is 1.43 bits per heavy atom. The molecule has 6 nitrogen and oxygen atoms in total. The lowest BCUT2D eigenvalue weighted by molar-refractivity contribution is -0.123. The third-order valence-electron chi connectivity index (χ3n) is 4.57. The average Bonchev–Trinajstić information content (AvgIpc) is 2.81. The van der Waals surface area contributed by atoms with E-state index in [1.54, 1.807) is 38.5 Å². The first-order chi connectivity index (χ1) is 14.6. The van der Waals surface area contributed by atoms with Gasteiger partial charge >= 0.3 is 0 Å². The third kappa shape index (κ3) is 5.09. The van der Waals surface area contributed by atoms with E-state index in [4.69, 9.17) is 19.5 Å². The lowest BCUT2D eigenvalue weighted by atomic mass is 9.98. The zero-order valence-electron chi connectivity index (χ0n) is 16.8. The summed E-state index contributed by atoms with van der Waals surface area (Å²) in [7, 11) is 3.21. The van der Waals surface area contributed by atoms with E-state index in [0.717, 1.165) is 22.6 Å². The number of nitriles is 1. The molecule has 152 valence electrons. The molecule has 0 radical (unpaired) electrons. The zero-order chi connectivity index (χ0) is 21.3. The van der Waals surface area contributed by atoms with E-state index in [1.165, 1.54) is 0 Å². The molecule has 1 N–H and O–H groups in total. The second-order valence-electron chi connectivity index (χ2n) is 6.44. The highest BCUT2D eigenvalue weighted by Crippen LogP contribution is 2.26. The zero-order valence-corrected chi connectivity index (χ0v) is 16.8. The first-order valence-electron chi connectivity index (χ1n) is 9.33. The summed E-state index contributed by atoms with van der Waals surface area (Å²) in [5.41, 5.74) is 2.17. The highest BCUT2D eigenvalue weighted by atomic mass is 16.5. The Bertz CT molecular complexity index is 977. The Labute approximate surface area is 175 Å². The van der Waals surface area contributed by atoms with E-state index in [1.807, 2.05) is 48.5 Å². The molecule has 3 rings (SSSR count). The van der Waals surface area contributed by atoms with Crippen molar-refractivity contribution < 1.29 is 19.0 Å². The standard InChI is InChI=1S/C24H22N2O4/c1-28-20-11-7-17(8-12-20)24(18-9-13-21(29-2)14-10-18)26-23(27)16-30-22-6-4-3-5-19(22)15-25/h3-14,24H,16H2,1-2H3,(H,26,27). The van der Waals surface area contributed by atoms with Crippen molar-refractivity contribution in [2.24, 2.45) is 0 Å². The minimum atomic E-state index is -0.385. The van der Waals surface area contributed by atoms with Gasteiger partial charge in [-0.25, -0.2) is 0 Å². The number of methoxy groups -OCH3 is 2. The van der Waals surface area contributed by atoms with Crippen LogP contribution in [0.3, 0.4) is 0 Å². The molecular formula is C24H22N2O4. The molecule has 0 aliphatic rings. The van der Waals surface area contributed by atoms with Crippen molar-refractivity contribution in [3.63, 3.8) is 0 Å². The average molecular weight is 402 g/mol. The predicted octanol–water partition coefficient (Wildman–Crippen LogP) is 3.86. The van der Waals surface area contributed by atoms with Gasteiger partial charge in [0.2, 0.25) is 0 Å². The van der Waals surface area contributed by atoms with E-state index < -0.39 is 0 Å². The summed E-state index contributed by atoms with van der Waals surface area (Å²) in [6.07, 6.45) is 0. The number of amides is 1. The van der Waals surface area contributed by atoms with Gasteiger partial charge in [-0.1, -0.05) is 36.4 Å². The molecule has 30 heavy (non-hydrogen) atoms. The molecule has 6 heteroatoms. The van der Waals surface area contributed by atoms with Crippen LogP contribution in [0.4, 0.5) is 0 Å². The fraction of sp³-hybridized carbons (Fsp3) is 0.167. The molecule has 3 aromatic carbocycles. The Morgan fingerprint density at radius 1 is 0.900 bits per heavy atom. The van der Waals surface area contributed by atoms with E-state index in [9.17, 15) is 4.79 Å². The number of carbonyl (C=O) groups is 1. The molecular weight excluding hydrogens is 380 g/mol. The monoisotopic (exact) mass is 402 g/mol. The quantitative estimate of drug-likeness (QED) is 0.619. The molecule has 0 spiro atoms. The summed E-state index contributed by atoms with van der Waals surface area (Å²) >= 11 is 0. The number of nitrogens with one attached hydrogen (secondary N) is 1. The summed E-state index contributed by atoms with van der Waals surface area (Å²) in [4.78, 5) is 12.7. The first-order valence-corrected chi connectivity index (χ1v) is 9.33. The van der Waals surface area contributed by atoms with Crippen molar-refractivity contribution in [2.45, 2.75) is 6.04 Å². The van der Waals surface area contributed by atoms with Crippen LogP contribution in [0.15, 0.2) is 72.8 Å². The van der Waals surface area contributed by atoms with Gasteiger partial charge in [-0.3, -0.25) is 4.79 Å². The van der Waals surface area contributed by atoms with Gasteiger partial charge in [0, 0.05) is 0 Å². The van der Waals surface area contributed by atoms with Gasteiger partial charge in [0.15, 0.2) is 6.61 Å². The van der Waals surface area contributed by atoms with Crippen molar-refractivity contribution in [1.29, 1.82) is 5.26 Å². The largest absolute Gasteiger partial charge is 0.497 e. The van der Waals surface area contributed by atoms with Crippen LogP contribution >= 0.6 is 0 Å². The number of hydrogen-bond donors (Lipinski definition) is 1. The number of para-hydroxylation sites is 1. The molecule has 0 atom stereocenters. The molecule has 0 saturated heterocycles. The van der Waals surface area contributed by atoms with Crippen LogP contribution < -0.4 is 19.5 Å². The normalized spacial score (nSPS) is 10.2. The maximum absolute atomic E-state index is 12.7. The van der Waals surface area contributed by atoms with Crippen molar-refractivity contribution in [3.05, 3.63) is 89.5 Å². The summed E-state index contributed by atoms with van der Waals surface area (Å²) in [5.74, 6) is 1.53. The molecule has 0 heterocycles. The van der Waals surface area contributed by atoms with Gasteiger partial charge in [-0.2, -0.15) is 5.26 Å². The summed E-state index contributed by atoms with van der Waals surface area (Å²) in [5, 5.41) is 12.2. The molecule has 0 unspecified atom stereocenters. The smallest absolute Gasteiger partial charge is 0.258 e. The summed E-state index contributed by atoms with van der Waals surface area (Å²) in [6, 6.07) is 23.5. The second-order valence-corrected chi connectivity index (χ2v) is 6.44. The van der Waals surface area contributed by atoms with Gasteiger partial charge in [-0.05, 0) is 47.5 Å². The molecule has 3 aromatic rings. The Kier molecular flexibility index (Phi) is 6.91. The fourth-order valence-corrected chi connectivity index (χ4v) is 2.98. The molecule has 0 saturated carbocycles. The lowest BCUT2D eigenvalue weighted by Crippen LogP contribution is -2.33. The van der Waals surface area contributed by atoms with E-state index in [2.05, 4.69) is 11.4 Å². The Balaban J connectivity index is 1.78. The molecule has 1 amide bonds. The van der Waals surface area contributed by atoms with Crippen LogP contribution in [0.1, 0.15) is 22.7 Å². The number of nitrogens with zero attached hydrogens (tertiary/aromatic N) is 1. The number of rotatable bonds is 8. The Morgan fingerprint density at radius 3 is 1.93 bits per heavy atom. The number of hydrogen-bond acceptors (Lipinski definition) is 5. The van der Waals surface area contributed by atoms with Crippen LogP contribution in [0.2, 0.25) is 0 Å². The van der Waals surface area contributed by atoms with Gasteiger partial charge in [-0.15, -0.1) is 0 Å².